The summed E-state index contributed by atoms with van der Waals surface area (Å²) in [6.45, 7) is 0.439. The zero-order valence-corrected chi connectivity index (χ0v) is 6.06. The molecule has 0 spiro atoms. The lowest BCUT2D eigenvalue weighted by molar-refractivity contribution is -0.114. The summed E-state index contributed by atoms with van der Waals surface area (Å²) < 4.78 is 4.79. The first-order valence-corrected chi connectivity index (χ1v) is 2.59. The highest BCUT2D eigenvalue weighted by atomic mass is 35.5. The van der Waals surface area contributed by atoms with Crippen LogP contribution in [-0.4, -0.2) is 12.5 Å². The van der Waals surface area contributed by atoms with Gasteiger partial charge in [-0.15, -0.1) is 12.4 Å². The Kier molecular flexibility index (Phi) is 3.57. The summed E-state index contributed by atoms with van der Waals surface area (Å²) in [5.74, 6) is -0.408. The minimum absolute atomic E-state index is 0. The second-order valence-corrected chi connectivity index (χ2v) is 1.66. The molecule has 0 aromatic heterocycles. The summed E-state index contributed by atoms with van der Waals surface area (Å²) >= 11 is 0. The molecule has 1 aliphatic rings. The quantitative estimate of drug-likeness (QED) is 0.604. The standard InChI is InChI=1S/C6H7NO2.ClH/c7-6(8)5-1-3-9-4-2-5;/h1-3H,4H2,(H2,7,8);1H. The molecule has 0 saturated carbocycles. The summed E-state index contributed by atoms with van der Waals surface area (Å²) in [7, 11) is 0. The van der Waals surface area contributed by atoms with E-state index in [0.717, 1.165) is 0 Å². The van der Waals surface area contributed by atoms with Crippen LogP contribution in [0.25, 0.3) is 0 Å². The molecule has 0 aromatic carbocycles. The van der Waals surface area contributed by atoms with Crippen LogP contribution in [0.15, 0.2) is 24.0 Å². The molecule has 0 aromatic rings. The van der Waals surface area contributed by atoms with Crippen molar-refractivity contribution in [3.63, 3.8) is 0 Å². The first-order valence-electron chi connectivity index (χ1n) is 2.59. The second-order valence-electron chi connectivity index (χ2n) is 1.66. The lowest BCUT2D eigenvalue weighted by Crippen LogP contribution is -2.14. The van der Waals surface area contributed by atoms with Crippen LogP contribution in [0.2, 0.25) is 0 Å². The van der Waals surface area contributed by atoms with E-state index < -0.39 is 5.91 Å². The van der Waals surface area contributed by atoms with Gasteiger partial charge in [0, 0.05) is 5.57 Å². The SMILES string of the molecule is Cl.NC(=O)C1=CCOC=C1. The van der Waals surface area contributed by atoms with Crippen molar-refractivity contribution in [1.82, 2.24) is 0 Å². The summed E-state index contributed by atoms with van der Waals surface area (Å²) in [6, 6.07) is 0. The van der Waals surface area contributed by atoms with E-state index in [2.05, 4.69) is 0 Å². The number of amides is 1. The van der Waals surface area contributed by atoms with E-state index in [1.807, 2.05) is 0 Å². The summed E-state index contributed by atoms with van der Waals surface area (Å²) in [5.41, 5.74) is 5.47. The lowest BCUT2D eigenvalue weighted by atomic mass is 10.2. The van der Waals surface area contributed by atoms with Crippen LogP contribution < -0.4 is 5.73 Å². The van der Waals surface area contributed by atoms with E-state index >= 15 is 0 Å². The Morgan fingerprint density at radius 3 is 2.70 bits per heavy atom. The van der Waals surface area contributed by atoms with Gasteiger partial charge in [0.15, 0.2) is 0 Å². The molecule has 1 amide bonds. The molecule has 0 aliphatic carbocycles. The molecule has 1 heterocycles. The van der Waals surface area contributed by atoms with E-state index in [0.29, 0.717) is 12.2 Å². The minimum Gasteiger partial charge on any atom is -0.497 e. The molecule has 0 atom stereocenters. The van der Waals surface area contributed by atoms with Gasteiger partial charge < -0.3 is 10.5 Å². The van der Waals surface area contributed by atoms with Gasteiger partial charge in [-0.2, -0.15) is 0 Å². The van der Waals surface area contributed by atoms with Crippen LogP contribution in [-0.2, 0) is 9.53 Å². The maximum Gasteiger partial charge on any atom is 0.248 e. The molecule has 1 aliphatic heterocycles. The second kappa shape index (κ2) is 3.95. The van der Waals surface area contributed by atoms with Gasteiger partial charge in [-0.1, -0.05) is 0 Å². The fraction of sp³-hybridized carbons (Fsp3) is 0.167. The molecule has 4 heteroatoms. The van der Waals surface area contributed by atoms with E-state index in [-0.39, 0.29) is 12.4 Å². The molecule has 0 saturated heterocycles. The van der Waals surface area contributed by atoms with Crippen LogP contribution >= 0.6 is 12.4 Å². The summed E-state index contributed by atoms with van der Waals surface area (Å²) in [4.78, 5) is 10.4. The number of carbonyl (C=O) groups is 1. The van der Waals surface area contributed by atoms with Crippen molar-refractivity contribution in [2.75, 3.05) is 6.61 Å². The fourth-order valence-electron chi connectivity index (χ4n) is 0.566. The third-order valence-corrected chi connectivity index (χ3v) is 1.03. The van der Waals surface area contributed by atoms with Crippen LogP contribution in [0.5, 0.6) is 0 Å². The number of rotatable bonds is 1. The maximum absolute atomic E-state index is 10.4. The zero-order chi connectivity index (χ0) is 6.69. The number of primary amides is 1. The average molecular weight is 162 g/mol. The van der Waals surface area contributed by atoms with Crippen molar-refractivity contribution in [3.8, 4) is 0 Å². The Hall–Kier alpha value is -0.960. The number of halogens is 1. The Morgan fingerprint density at radius 1 is 1.70 bits per heavy atom. The van der Waals surface area contributed by atoms with E-state index in [4.69, 9.17) is 10.5 Å². The molecule has 2 N–H and O–H groups in total. The number of nitrogens with two attached hydrogens (primary N) is 1. The minimum atomic E-state index is -0.408. The lowest BCUT2D eigenvalue weighted by Gasteiger charge is -2.02. The van der Waals surface area contributed by atoms with Gasteiger partial charge in [-0.25, -0.2) is 0 Å². The highest BCUT2D eigenvalue weighted by Crippen LogP contribution is 2.01. The molecular weight excluding hydrogens is 154 g/mol. The molecule has 0 radical (unpaired) electrons. The Balaban J connectivity index is 0.000000810. The number of carbonyl (C=O) groups excluding carboxylic acids is 1. The third-order valence-electron chi connectivity index (χ3n) is 1.03. The van der Waals surface area contributed by atoms with Crippen molar-refractivity contribution in [2.45, 2.75) is 0 Å². The van der Waals surface area contributed by atoms with E-state index in [9.17, 15) is 4.79 Å². The van der Waals surface area contributed by atoms with Crippen molar-refractivity contribution >= 4 is 18.3 Å². The van der Waals surface area contributed by atoms with Gasteiger partial charge in [-0.3, -0.25) is 4.79 Å². The highest BCUT2D eigenvalue weighted by Gasteiger charge is 2.01. The third kappa shape index (κ3) is 2.11. The number of hydrogen-bond donors (Lipinski definition) is 1. The van der Waals surface area contributed by atoms with Crippen LogP contribution in [0.3, 0.4) is 0 Å². The normalized spacial score (nSPS) is 14.6. The Bertz CT molecular complexity index is 186. The predicted octanol–water partition coefficient (Wildman–Crippen LogP) is 0.364. The first-order chi connectivity index (χ1) is 4.30. The van der Waals surface area contributed by atoms with Gasteiger partial charge in [0.05, 0.1) is 6.26 Å². The maximum atomic E-state index is 10.4. The van der Waals surface area contributed by atoms with E-state index in [1.54, 1.807) is 12.2 Å². The van der Waals surface area contributed by atoms with Crippen LogP contribution in [0.4, 0.5) is 0 Å². The molecule has 10 heavy (non-hydrogen) atoms. The van der Waals surface area contributed by atoms with Gasteiger partial charge in [0.2, 0.25) is 5.91 Å². The number of ether oxygens (including phenoxy) is 1. The molecule has 56 valence electrons. The molecule has 3 nitrogen and oxygen atoms in total. The van der Waals surface area contributed by atoms with Crippen molar-refractivity contribution in [3.05, 3.63) is 24.0 Å². The highest BCUT2D eigenvalue weighted by molar-refractivity contribution is 5.94. The topological polar surface area (TPSA) is 52.3 Å². The molecule has 0 fully saturated rings. The fourth-order valence-corrected chi connectivity index (χ4v) is 0.566. The van der Waals surface area contributed by atoms with Gasteiger partial charge in [-0.05, 0) is 12.2 Å². The van der Waals surface area contributed by atoms with Crippen molar-refractivity contribution < 1.29 is 9.53 Å². The zero-order valence-electron chi connectivity index (χ0n) is 5.24. The monoisotopic (exact) mass is 161 g/mol. The van der Waals surface area contributed by atoms with E-state index in [1.165, 1.54) is 6.26 Å². The van der Waals surface area contributed by atoms with Crippen LogP contribution in [0.1, 0.15) is 0 Å². The van der Waals surface area contributed by atoms with Crippen LogP contribution in [0, 0.1) is 0 Å². The van der Waals surface area contributed by atoms with Crippen molar-refractivity contribution in [1.29, 1.82) is 0 Å². The smallest absolute Gasteiger partial charge is 0.248 e. The Morgan fingerprint density at radius 2 is 2.40 bits per heavy atom. The molecule has 1 rings (SSSR count). The predicted molar refractivity (Wildman–Crippen MR) is 39.6 cm³/mol. The molecule has 0 unspecified atom stereocenters. The Labute approximate surface area is 64.9 Å². The summed E-state index contributed by atoms with van der Waals surface area (Å²) in [5, 5.41) is 0. The average Bonchev–Trinajstić information content (AvgIpc) is 1.90. The molecular formula is C6H8ClNO2. The summed E-state index contributed by atoms with van der Waals surface area (Å²) in [6.07, 6.45) is 4.65. The van der Waals surface area contributed by atoms with Gasteiger partial charge in [0.1, 0.15) is 6.61 Å². The largest absolute Gasteiger partial charge is 0.497 e. The van der Waals surface area contributed by atoms with Gasteiger partial charge >= 0.3 is 0 Å². The van der Waals surface area contributed by atoms with Crippen molar-refractivity contribution in [2.24, 2.45) is 5.73 Å². The van der Waals surface area contributed by atoms with Gasteiger partial charge in [0.25, 0.3) is 0 Å². The first kappa shape index (κ1) is 9.04. The molecule has 0 bridgehead atoms. The number of hydrogen-bond acceptors (Lipinski definition) is 2.